The lowest BCUT2D eigenvalue weighted by atomic mass is 10.0. The number of carboxylic acid groups (broad SMARTS) is 1. The molecule has 2 rings (SSSR count). The maximum absolute atomic E-state index is 11.8. The van der Waals surface area contributed by atoms with Gasteiger partial charge in [0.2, 0.25) is 0 Å². The number of carbonyl (C=O) groups excluding carboxylic acids is 2. The average molecular weight is 293 g/mol. The quantitative estimate of drug-likeness (QED) is 0.495. The lowest BCUT2D eigenvalue weighted by Crippen LogP contribution is -2.31. The number of urea groups is 1. The highest BCUT2D eigenvalue weighted by molar-refractivity contribution is 6.02. The highest BCUT2D eigenvalue weighted by Gasteiger charge is 2.35. The standard InChI is InChI=1S/C12H11N3O6/c1-13-6-9(16)14(12(13)19)5-7-3-2-4-8(15(20)21)10(7)11(17)18/h2-4H,5-6H2,1H3,(H,17,18). The maximum atomic E-state index is 11.8. The zero-order valence-corrected chi connectivity index (χ0v) is 11.0. The van der Waals surface area contributed by atoms with Gasteiger partial charge in [-0.1, -0.05) is 12.1 Å². The van der Waals surface area contributed by atoms with Gasteiger partial charge in [-0.15, -0.1) is 0 Å². The van der Waals surface area contributed by atoms with Crippen LogP contribution in [0.3, 0.4) is 0 Å². The van der Waals surface area contributed by atoms with Gasteiger partial charge in [-0.05, 0) is 5.56 Å². The van der Waals surface area contributed by atoms with Crippen LogP contribution in [0.25, 0.3) is 0 Å². The molecule has 0 radical (unpaired) electrons. The molecule has 0 saturated carbocycles. The zero-order chi connectivity index (χ0) is 15.7. The van der Waals surface area contributed by atoms with Crippen molar-refractivity contribution in [1.82, 2.24) is 9.80 Å². The number of aromatic carboxylic acids is 1. The Hall–Kier alpha value is -2.97. The summed E-state index contributed by atoms with van der Waals surface area (Å²) >= 11 is 0. The minimum atomic E-state index is -1.48. The molecular weight excluding hydrogens is 282 g/mol. The van der Waals surface area contributed by atoms with E-state index in [4.69, 9.17) is 5.11 Å². The Bertz CT molecular complexity index is 656. The number of benzene rings is 1. The second-order valence-corrected chi connectivity index (χ2v) is 4.49. The Morgan fingerprint density at radius 2 is 2.10 bits per heavy atom. The van der Waals surface area contributed by atoms with Gasteiger partial charge in [-0.2, -0.15) is 0 Å². The van der Waals surface area contributed by atoms with Gasteiger partial charge in [-0.25, -0.2) is 9.59 Å². The van der Waals surface area contributed by atoms with Crippen LogP contribution in [0.15, 0.2) is 18.2 Å². The number of imide groups is 1. The molecule has 0 aliphatic carbocycles. The molecule has 1 aromatic carbocycles. The molecule has 1 aliphatic rings. The fraction of sp³-hybridized carbons (Fsp3) is 0.250. The van der Waals surface area contributed by atoms with Crippen molar-refractivity contribution in [2.45, 2.75) is 6.54 Å². The summed E-state index contributed by atoms with van der Waals surface area (Å²) in [6.07, 6.45) is 0. The molecule has 21 heavy (non-hydrogen) atoms. The Labute approximate surface area is 118 Å². The molecule has 0 bridgehead atoms. The monoisotopic (exact) mass is 293 g/mol. The van der Waals surface area contributed by atoms with E-state index in [2.05, 4.69) is 0 Å². The third-order valence-corrected chi connectivity index (χ3v) is 3.10. The summed E-state index contributed by atoms with van der Waals surface area (Å²) < 4.78 is 0. The van der Waals surface area contributed by atoms with Gasteiger partial charge in [0.25, 0.3) is 11.6 Å². The summed E-state index contributed by atoms with van der Waals surface area (Å²) in [7, 11) is 1.44. The number of hydrogen-bond acceptors (Lipinski definition) is 5. The first-order valence-corrected chi connectivity index (χ1v) is 5.88. The van der Waals surface area contributed by atoms with Crippen molar-refractivity contribution >= 4 is 23.6 Å². The normalized spacial score (nSPS) is 14.7. The van der Waals surface area contributed by atoms with Gasteiger partial charge in [0.15, 0.2) is 0 Å². The Kier molecular flexibility index (Phi) is 3.57. The Morgan fingerprint density at radius 3 is 2.57 bits per heavy atom. The summed E-state index contributed by atoms with van der Waals surface area (Å²) in [5.74, 6) is -1.96. The molecule has 1 aromatic rings. The SMILES string of the molecule is CN1CC(=O)N(Cc2cccc([N+](=O)[O-])c2C(=O)O)C1=O. The molecule has 9 nitrogen and oxygen atoms in total. The molecule has 0 unspecified atom stereocenters. The smallest absolute Gasteiger partial charge is 0.343 e. The van der Waals surface area contributed by atoms with E-state index in [0.29, 0.717) is 0 Å². The number of likely N-dealkylation sites (N-methyl/N-ethyl adjacent to an activating group) is 1. The maximum Gasteiger partial charge on any atom is 0.343 e. The van der Waals surface area contributed by atoms with E-state index in [1.54, 1.807) is 0 Å². The first-order valence-electron chi connectivity index (χ1n) is 5.88. The summed E-state index contributed by atoms with van der Waals surface area (Å²) in [5.41, 5.74) is -1.06. The number of nitro groups is 1. The minimum Gasteiger partial charge on any atom is -0.477 e. The predicted octanol–water partition coefficient (Wildman–Crippen LogP) is 0.687. The number of hydrogen-bond donors (Lipinski definition) is 1. The third-order valence-electron chi connectivity index (χ3n) is 3.10. The van der Waals surface area contributed by atoms with Crippen LogP contribution in [0.5, 0.6) is 0 Å². The van der Waals surface area contributed by atoms with Crippen molar-refractivity contribution < 1.29 is 24.4 Å². The van der Waals surface area contributed by atoms with Crippen LogP contribution in [0, 0.1) is 10.1 Å². The topological polar surface area (TPSA) is 121 Å². The van der Waals surface area contributed by atoms with E-state index >= 15 is 0 Å². The van der Waals surface area contributed by atoms with Crippen LogP contribution < -0.4 is 0 Å². The van der Waals surface area contributed by atoms with Crippen molar-refractivity contribution in [1.29, 1.82) is 0 Å². The van der Waals surface area contributed by atoms with Crippen LogP contribution in [-0.2, 0) is 11.3 Å². The number of nitrogens with zero attached hydrogens (tertiary/aromatic N) is 3. The average Bonchev–Trinajstić information content (AvgIpc) is 2.64. The second-order valence-electron chi connectivity index (χ2n) is 4.49. The fourth-order valence-electron chi connectivity index (χ4n) is 2.11. The van der Waals surface area contributed by atoms with Crippen LogP contribution in [-0.4, -0.2) is 51.3 Å². The van der Waals surface area contributed by atoms with Crippen LogP contribution in [0.4, 0.5) is 10.5 Å². The second kappa shape index (κ2) is 5.19. The van der Waals surface area contributed by atoms with Crippen LogP contribution in [0.1, 0.15) is 15.9 Å². The van der Waals surface area contributed by atoms with Gasteiger partial charge >= 0.3 is 12.0 Å². The van der Waals surface area contributed by atoms with Crippen LogP contribution in [0.2, 0.25) is 0 Å². The molecule has 1 heterocycles. The van der Waals surface area contributed by atoms with E-state index in [0.717, 1.165) is 11.0 Å². The van der Waals surface area contributed by atoms with Crippen molar-refractivity contribution in [3.8, 4) is 0 Å². The largest absolute Gasteiger partial charge is 0.477 e. The summed E-state index contributed by atoms with van der Waals surface area (Å²) in [6.45, 7) is -0.415. The van der Waals surface area contributed by atoms with Gasteiger partial charge < -0.3 is 10.0 Å². The Morgan fingerprint density at radius 1 is 1.43 bits per heavy atom. The highest BCUT2D eigenvalue weighted by atomic mass is 16.6. The minimum absolute atomic E-state index is 0.0358. The van der Waals surface area contributed by atoms with E-state index in [1.165, 1.54) is 24.1 Å². The lowest BCUT2D eigenvalue weighted by Gasteiger charge is -2.15. The van der Waals surface area contributed by atoms with Gasteiger partial charge in [0, 0.05) is 13.1 Å². The number of rotatable bonds is 4. The third kappa shape index (κ3) is 2.53. The summed E-state index contributed by atoms with van der Waals surface area (Å²) in [5, 5.41) is 20.0. The van der Waals surface area contributed by atoms with E-state index in [9.17, 15) is 24.5 Å². The zero-order valence-electron chi connectivity index (χ0n) is 11.0. The molecule has 9 heteroatoms. The lowest BCUT2D eigenvalue weighted by molar-refractivity contribution is -0.385. The molecule has 0 spiro atoms. The number of nitro benzene ring substituents is 1. The molecule has 110 valence electrons. The first-order chi connectivity index (χ1) is 9.82. The number of carboxylic acids is 1. The molecule has 1 N–H and O–H groups in total. The number of carbonyl (C=O) groups is 3. The molecule has 1 aliphatic heterocycles. The van der Waals surface area contributed by atoms with E-state index < -0.39 is 34.1 Å². The van der Waals surface area contributed by atoms with E-state index in [-0.39, 0.29) is 18.7 Å². The van der Waals surface area contributed by atoms with Gasteiger partial charge in [0.1, 0.15) is 12.1 Å². The predicted molar refractivity (Wildman–Crippen MR) is 68.6 cm³/mol. The fourth-order valence-corrected chi connectivity index (χ4v) is 2.11. The number of amides is 3. The van der Waals surface area contributed by atoms with Gasteiger partial charge in [-0.3, -0.25) is 19.8 Å². The van der Waals surface area contributed by atoms with Crippen molar-refractivity contribution in [2.75, 3.05) is 13.6 Å². The van der Waals surface area contributed by atoms with Crippen molar-refractivity contribution in [3.63, 3.8) is 0 Å². The molecule has 0 aromatic heterocycles. The highest BCUT2D eigenvalue weighted by Crippen LogP contribution is 2.24. The summed E-state index contributed by atoms with van der Waals surface area (Å²) in [4.78, 5) is 46.8. The summed E-state index contributed by atoms with van der Waals surface area (Å²) in [6, 6.07) is 3.15. The molecule has 1 fully saturated rings. The van der Waals surface area contributed by atoms with Crippen molar-refractivity contribution in [3.05, 3.63) is 39.4 Å². The molecule has 1 saturated heterocycles. The molecular formula is C12H11N3O6. The van der Waals surface area contributed by atoms with E-state index in [1.807, 2.05) is 0 Å². The Balaban J connectivity index is 2.43. The first kappa shape index (κ1) is 14.4. The van der Waals surface area contributed by atoms with Gasteiger partial charge in [0.05, 0.1) is 11.5 Å². The molecule has 3 amide bonds. The van der Waals surface area contributed by atoms with Crippen molar-refractivity contribution in [2.24, 2.45) is 0 Å². The molecule has 0 atom stereocenters. The van der Waals surface area contributed by atoms with Crippen LogP contribution >= 0.6 is 0 Å².